The standard InChI is InChI=1S/C17H17ClN2O3S/c1-11(21)15-8-12(10-24-15)9-16(22)19-6-7-20-17(23)13-4-2-3-5-14(13)18/h2-5,8,10H,6-7,9H2,1H3,(H,19,22)(H,20,23). The van der Waals surface area contributed by atoms with Gasteiger partial charge in [0.05, 0.1) is 21.9 Å². The van der Waals surface area contributed by atoms with E-state index in [0.29, 0.717) is 28.6 Å². The van der Waals surface area contributed by atoms with Gasteiger partial charge >= 0.3 is 0 Å². The summed E-state index contributed by atoms with van der Waals surface area (Å²) in [4.78, 5) is 35.6. The molecular formula is C17H17ClN2O3S. The first kappa shape index (κ1) is 18.2. The number of hydrogen-bond acceptors (Lipinski definition) is 4. The number of halogens is 1. The number of ketones is 1. The molecule has 0 unspecified atom stereocenters. The smallest absolute Gasteiger partial charge is 0.252 e. The van der Waals surface area contributed by atoms with Crippen LogP contribution in [0.2, 0.25) is 5.02 Å². The van der Waals surface area contributed by atoms with Gasteiger partial charge in [0.15, 0.2) is 5.78 Å². The van der Waals surface area contributed by atoms with Gasteiger partial charge in [0.25, 0.3) is 5.91 Å². The molecule has 0 aliphatic rings. The highest BCUT2D eigenvalue weighted by atomic mass is 35.5. The second-order valence-electron chi connectivity index (χ2n) is 5.14. The van der Waals surface area contributed by atoms with Crippen molar-refractivity contribution in [2.45, 2.75) is 13.3 Å². The lowest BCUT2D eigenvalue weighted by atomic mass is 10.2. The molecular weight excluding hydrogens is 348 g/mol. The van der Waals surface area contributed by atoms with E-state index in [1.165, 1.54) is 18.3 Å². The van der Waals surface area contributed by atoms with Crippen molar-refractivity contribution in [3.63, 3.8) is 0 Å². The minimum atomic E-state index is -0.279. The van der Waals surface area contributed by atoms with Gasteiger partial charge in [-0.1, -0.05) is 23.7 Å². The fourth-order valence-electron chi connectivity index (χ4n) is 2.02. The van der Waals surface area contributed by atoms with Gasteiger partial charge in [0, 0.05) is 13.1 Å². The lowest BCUT2D eigenvalue weighted by molar-refractivity contribution is -0.120. The summed E-state index contributed by atoms with van der Waals surface area (Å²) in [5, 5.41) is 7.61. The Morgan fingerprint density at radius 2 is 1.83 bits per heavy atom. The molecule has 0 aliphatic carbocycles. The van der Waals surface area contributed by atoms with E-state index in [4.69, 9.17) is 11.6 Å². The normalized spacial score (nSPS) is 10.2. The van der Waals surface area contributed by atoms with Gasteiger partial charge < -0.3 is 10.6 Å². The van der Waals surface area contributed by atoms with E-state index < -0.39 is 0 Å². The Morgan fingerprint density at radius 3 is 2.50 bits per heavy atom. The second kappa shape index (κ2) is 8.61. The van der Waals surface area contributed by atoms with Gasteiger partial charge in [-0.3, -0.25) is 14.4 Å². The number of rotatable bonds is 7. The molecule has 1 heterocycles. The zero-order valence-corrected chi connectivity index (χ0v) is 14.7. The summed E-state index contributed by atoms with van der Waals surface area (Å²) in [5.74, 6) is -0.442. The molecule has 2 aromatic rings. The number of Topliss-reactive ketones (excluding diaryl/α,β-unsaturated/α-hetero) is 1. The van der Waals surface area contributed by atoms with Gasteiger partial charge in [-0.15, -0.1) is 11.3 Å². The number of benzene rings is 1. The molecule has 2 N–H and O–H groups in total. The Labute approximate surface area is 149 Å². The fraction of sp³-hybridized carbons (Fsp3) is 0.235. The van der Waals surface area contributed by atoms with E-state index in [9.17, 15) is 14.4 Å². The van der Waals surface area contributed by atoms with E-state index in [0.717, 1.165) is 5.56 Å². The summed E-state index contributed by atoms with van der Waals surface area (Å²) in [6.45, 7) is 2.12. The number of amides is 2. The third kappa shape index (κ3) is 5.18. The van der Waals surface area contributed by atoms with Crippen LogP contribution in [0.4, 0.5) is 0 Å². The molecule has 5 nitrogen and oxygen atoms in total. The second-order valence-corrected chi connectivity index (χ2v) is 6.46. The van der Waals surface area contributed by atoms with Crippen LogP contribution in [0.3, 0.4) is 0 Å². The molecule has 0 atom stereocenters. The molecule has 126 valence electrons. The Morgan fingerprint density at radius 1 is 1.12 bits per heavy atom. The fourth-order valence-corrected chi connectivity index (χ4v) is 3.06. The van der Waals surface area contributed by atoms with Crippen LogP contribution in [0.5, 0.6) is 0 Å². The summed E-state index contributed by atoms with van der Waals surface area (Å²) in [7, 11) is 0. The largest absolute Gasteiger partial charge is 0.354 e. The Kier molecular flexibility index (Phi) is 6.52. The van der Waals surface area contributed by atoms with E-state index in [2.05, 4.69) is 10.6 Å². The molecule has 7 heteroatoms. The van der Waals surface area contributed by atoms with Crippen molar-refractivity contribution >= 4 is 40.5 Å². The molecule has 2 amide bonds. The summed E-state index contributed by atoms with van der Waals surface area (Å²) in [6, 6.07) is 8.50. The van der Waals surface area contributed by atoms with Crippen LogP contribution in [-0.2, 0) is 11.2 Å². The van der Waals surface area contributed by atoms with Crippen LogP contribution in [-0.4, -0.2) is 30.7 Å². The van der Waals surface area contributed by atoms with Crippen LogP contribution >= 0.6 is 22.9 Å². The first-order valence-electron chi connectivity index (χ1n) is 7.35. The number of thiophene rings is 1. The van der Waals surface area contributed by atoms with Crippen molar-refractivity contribution in [3.8, 4) is 0 Å². The lowest BCUT2D eigenvalue weighted by Gasteiger charge is -2.07. The van der Waals surface area contributed by atoms with Crippen molar-refractivity contribution < 1.29 is 14.4 Å². The Hall–Kier alpha value is -2.18. The molecule has 1 aromatic heterocycles. The number of nitrogens with one attached hydrogen (secondary N) is 2. The van der Waals surface area contributed by atoms with Crippen molar-refractivity contribution in [2.24, 2.45) is 0 Å². The van der Waals surface area contributed by atoms with Crippen molar-refractivity contribution in [1.82, 2.24) is 10.6 Å². The zero-order chi connectivity index (χ0) is 17.5. The molecule has 0 spiro atoms. The highest BCUT2D eigenvalue weighted by Gasteiger charge is 2.10. The Balaban J connectivity index is 1.72. The maximum atomic E-state index is 11.9. The highest BCUT2D eigenvalue weighted by Crippen LogP contribution is 2.16. The molecule has 2 rings (SSSR count). The van der Waals surface area contributed by atoms with Gasteiger partial charge in [-0.2, -0.15) is 0 Å². The Bertz CT molecular complexity index is 758. The van der Waals surface area contributed by atoms with Crippen LogP contribution in [0.25, 0.3) is 0 Å². The molecule has 0 fully saturated rings. The van der Waals surface area contributed by atoms with E-state index in [1.54, 1.807) is 35.7 Å². The van der Waals surface area contributed by atoms with Crippen molar-refractivity contribution in [2.75, 3.05) is 13.1 Å². The topological polar surface area (TPSA) is 75.3 Å². The molecule has 0 saturated heterocycles. The third-order valence-electron chi connectivity index (χ3n) is 3.22. The summed E-state index contributed by atoms with van der Waals surface area (Å²) < 4.78 is 0. The lowest BCUT2D eigenvalue weighted by Crippen LogP contribution is -2.35. The molecule has 1 aromatic carbocycles. The van der Waals surface area contributed by atoms with Crippen LogP contribution in [0, 0.1) is 0 Å². The summed E-state index contributed by atoms with van der Waals surface area (Å²) >= 11 is 7.28. The third-order valence-corrected chi connectivity index (χ3v) is 4.63. The molecule has 0 bridgehead atoms. The number of hydrogen-bond donors (Lipinski definition) is 2. The van der Waals surface area contributed by atoms with Gasteiger partial charge in [0.1, 0.15) is 0 Å². The van der Waals surface area contributed by atoms with Gasteiger partial charge in [-0.05, 0) is 36.1 Å². The van der Waals surface area contributed by atoms with Crippen molar-refractivity contribution in [1.29, 1.82) is 0 Å². The molecule has 24 heavy (non-hydrogen) atoms. The molecule has 0 aliphatic heterocycles. The predicted octanol–water partition coefficient (Wildman–Crippen LogP) is 2.69. The minimum absolute atomic E-state index is 0.00561. The first-order valence-corrected chi connectivity index (χ1v) is 8.61. The van der Waals surface area contributed by atoms with Crippen LogP contribution in [0.15, 0.2) is 35.7 Å². The average molecular weight is 365 g/mol. The number of carbonyl (C=O) groups is 3. The summed E-state index contributed by atoms with van der Waals surface area (Å²) in [5.41, 5.74) is 1.21. The molecule has 0 radical (unpaired) electrons. The first-order chi connectivity index (χ1) is 11.5. The maximum Gasteiger partial charge on any atom is 0.252 e. The average Bonchev–Trinajstić information content (AvgIpc) is 3.00. The summed E-state index contributed by atoms with van der Waals surface area (Å²) in [6.07, 6.45) is 0.211. The minimum Gasteiger partial charge on any atom is -0.354 e. The predicted molar refractivity (Wildman–Crippen MR) is 94.8 cm³/mol. The van der Waals surface area contributed by atoms with Gasteiger partial charge in [0.2, 0.25) is 5.91 Å². The maximum absolute atomic E-state index is 11.9. The van der Waals surface area contributed by atoms with E-state index >= 15 is 0 Å². The quantitative estimate of drug-likeness (QED) is 0.586. The molecule has 0 saturated carbocycles. The van der Waals surface area contributed by atoms with E-state index in [1.807, 2.05) is 0 Å². The SMILES string of the molecule is CC(=O)c1cc(CC(=O)NCCNC(=O)c2ccccc2Cl)cs1. The van der Waals surface area contributed by atoms with Crippen LogP contribution < -0.4 is 10.6 Å². The van der Waals surface area contributed by atoms with Crippen molar-refractivity contribution in [3.05, 3.63) is 56.7 Å². The zero-order valence-electron chi connectivity index (χ0n) is 13.1. The highest BCUT2D eigenvalue weighted by molar-refractivity contribution is 7.12. The number of carbonyl (C=O) groups excluding carboxylic acids is 3. The van der Waals surface area contributed by atoms with Gasteiger partial charge in [-0.25, -0.2) is 0 Å². The van der Waals surface area contributed by atoms with E-state index in [-0.39, 0.29) is 24.0 Å². The monoisotopic (exact) mass is 364 g/mol. The van der Waals surface area contributed by atoms with Crippen LogP contribution in [0.1, 0.15) is 32.5 Å².